The molecule has 3 nitrogen and oxygen atoms in total. The molecule has 0 bridgehead atoms. The topological polar surface area (TPSA) is 27.1 Å². The zero-order valence-electron chi connectivity index (χ0n) is 12.2. The number of rotatable bonds is 6. The first-order valence-electron chi connectivity index (χ1n) is 7.23. The van der Waals surface area contributed by atoms with Crippen molar-refractivity contribution in [2.75, 3.05) is 6.61 Å². The number of ether oxygens (including phenoxy) is 1. The number of imidazole rings is 1. The number of hydrogen-bond acceptors (Lipinski definition) is 2. The Hall–Kier alpha value is -2.07. The quantitative estimate of drug-likeness (QED) is 0.657. The summed E-state index contributed by atoms with van der Waals surface area (Å²) >= 11 is 3.46. The molecule has 112 valence electrons. The molecule has 0 fully saturated rings. The molecule has 0 spiro atoms. The highest BCUT2D eigenvalue weighted by Crippen LogP contribution is 2.13. The van der Waals surface area contributed by atoms with E-state index in [0.717, 1.165) is 29.0 Å². The van der Waals surface area contributed by atoms with E-state index in [1.807, 2.05) is 42.7 Å². The third-order valence-electron chi connectivity index (χ3n) is 3.41. The second-order valence-corrected chi connectivity index (χ2v) is 5.93. The first-order valence-corrected chi connectivity index (χ1v) is 8.03. The van der Waals surface area contributed by atoms with E-state index >= 15 is 0 Å². The van der Waals surface area contributed by atoms with Gasteiger partial charge in [-0.15, -0.1) is 0 Å². The van der Waals surface area contributed by atoms with E-state index in [-0.39, 0.29) is 0 Å². The summed E-state index contributed by atoms with van der Waals surface area (Å²) in [6.45, 7) is 1.45. The van der Waals surface area contributed by atoms with Crippen LogP contribution in [-0.4, -0.2) is 16.2 Å². The van der Waals surface area contributed by atoms with E-state index in [1.54, 1.807) is 0 Å². The Labute approximate surface area is 138 Å². The number of aromatic nitrogens is 2. The van der Waals surface area contributed by atoms with Crippen molar-refractivity contribution in [2.24, 2.45) is 0 Å². The van der Waals surface area contributed by atoms with Crippen LogP contribution < -0.4 is 4.74 Å². The number of benzene rings is 2. The van der Waals surface area contributed by atoms with Crippen LogP contribution >= 0.6 is 15.9 Å². The highest BCUT2D eigenvalue weighted by atomic mass is 79.9. The Morgan fingerprint density at radius 2 is 1.77 bits per heavy atom. The minimum absolute atomic E-state index is 0.626. The SMILES string of the molecule is Brc1ccc(Cn2ccnc2CCOc2ccccc2)cc1. The molecule has 1 heterocycles. The molecule has 3 aromatic rings. The van der Waals surface area contributed by atoms with Crippen LogP contribution in [-0.2, 0) is 13.0 Å². The number of halogens is 1. The molecule has 0 aliphatic heterocycles. The first kappa shape index (κ1) is 14.9. The van der Waals surface area contributed by atoms with Crippen LogP contribution in [0.25, 0.3) is 0 Å². The van der Waals surface area contributed by atoms with Crippen LogP contribution in [0.2, 0.25) is 0 Å². The van der Waals surface area contributed by atoms with Gasteiger partial charge in [0.05, 0.1) is 6.61 Å². The van der Waals surface area contributed by atoms with Gasteiger partial charge in [0.25, 0.3) is 0 Å². The lowest BCUT2D eigenvalue weighted by atomic mass is 10.2. The van der Waals surface area contributed by atoms with Crippen LogP contribution in [0.5, 0.6) is 5.75 Å². The Morgan fingerprint density at radius 1 is 1.00 bits per heavy atom. The maximum atomic E-state index is 5.74. The van der Waals surface area contributed by atoms with Crippen molar-refractivity contribution >= 4 is 15.9 Å². The van der Waals surface area contributed by atoms with E-state index in [0.29, 0.717) is 6.61 Å². The number of nitrogens with zero attached hydrogens (tertiary/aromatic N) is 2. The predicted molar refractivity (Wildman–Crippen MR) is 91.1 cm³/mol. The molecule has 4 heteroatoms. The second-order valence-electron chi connectivity index (χ2n) is 5.01. The Bertz CT molecular complexity index is 707. The van der Waals surface area contributed by atoms with Gasteiger partial charge in [0.1, 0.15) is 11.6 Å². The summed E-state index contributed by atoms with van der Waals surface area (Å²) in [5.74, 6) is 1.94. The Kier molecular flexibility index (Phi) is 4.91. The molecular weight excluding hydrogens is 340 g/mol. The molecule has 1 aromatic heterocycles. The van der Waals surface area contributed by atoms with Crippen LogP contribution in [0.3, 0.4) is 0 Å². The average molecular weight is 357 g/mol. The van der Waals surface area contributed by atoms with E-state index in [9.17, 15) is 0 Å². The molecule has 3 rings (SSSR count). The molecule has 0 amide bonds. The third kappa shape index (κ3) is 3.98. The van der Waals surface area contributed by atoms with Gasteiger partial charge >= 0.3 is 0 Å². The normalized spacial score (nSPS) is 10.6. The third-order valence-corrected chi connectivity index (χ3v) is 3.93. The molecular formula is C18H17BrN2O. The molecule has 0 saturated heterocycles. The van der Waals surface area contributed by atoms with Gasteiger partial charge in [-0.2, -0.15) is 0 Å². The van der Waals surface area contributed by atoms with Gasteiger partial charge in [-0.1, -0.05) is 46.3 Å². The van der Waals surface area contributed by atoms with Crippen LogP contribution in [0, 0.1) is 0 Å². The van der Waals surface area contributed by atoms with Gasteiger partial charge in [0, 0.05) is 29.8 Å². The molecule has 0 aliphatic carbocycles. The zero-order valence-corrected chi connectivity index (χ0v) is 13.7. The summed E-state index contributed by atoms with van der Waals surface area (Å²) in [6, 6.07) is 18.2. The summed E-state index contributed by atoms with van der Waals surface area (Å²) in [6.07, 6.45) is 4.65. The minimum atomic E-state index is 0.626. The van der Waals surface area contributed by atoms with E-state index in [2.05, 4.69) is 49.7 Å². The van der Waals surface area contributed by atoms with Crippen molar-refractivity contribution in [3.63, 3.8) is 0 Å². The fourth-order valence-corrected chi connectivity index (χ4v) is 2.54. The minimum Gasteiger partial charge on any atom is -0.493 e. The molecule has 0 saturated carbocycles. The summed E-state index contributed by atoms with van der Waals surface area (Å²) in [5.41, 5.74) is 1.26. The number of hydrogen-bond donors (Lipinski definition) is 0. The summed E-state index contributed by atoms with van der Waals surface area (Å²) in [5, 5.41) is 0. The lowest BCUT2D eigenvalue weighted by molar-refractivity contribution is 0.317. The Morgan fingerprint density at radius 3 is 2.55 bits per heavy atom. The van der Waals surface area contributed by atoms with Crippen LogP contribution in [0.15, 0.2) is 71.5 Å². The van der Waals surface area contributed by atoms with Gasteiger partial charge in [-0.25, -0.2) is 4.98 Å². The molecule has 0 atom stereocenters. The lowest BCUT2D eigenvalue weighted by Crippen LogP contribution is -2.09. The molecule has 22 heavy (non-hydrogen) atoms. The molecule has 0 aliphatic rings. The van der Waals surface area contributed by atoms with Gasteiger partial charge in [0.15, 0.2) is 0 Å². The monoisotopic (exact) mass is 356 g/mol. The van der Waals surface area contributed by atoms with Crippen molar-refractivity contribution in [1.82, 2.24) is 9.55 Å². The van der Waals surface area contributed by atoms with Crippen molar-refractivity contribution in [3.8, 4) is 5.75 Å². The average Bonchev–Trinajstić information content (AvgIpc) is 2.98. The van der Waals surface area contributed by atoms with Crippen molar-refractivity contribution in [2.45, 2.75) is 13.0 Å². The summed E-state index contributed by atoms with van der Waals surface area (Å²) in [7, 11) is 0. The van der Waals surface area contributed by atoms with Crippen molar-refractivity contribution in [3.05, 3.63) is 82.9 Å². The van der Waals surface area contributed by atoms with Gasteiger partial charge < -0.3 is 9.30 Å². The largest absolute Gasteiger partial charge is 0.493 e. The van der Waals surface area contributed by atoms with Crippen LogP contribution in [0.4, 0.5) is 0 Å². The maximum Gasteiger partial charge on any atom is 0.119 e. The molecule has 0 N–H and O–H groups in total. The number of para-hydroxylation sites is 1. The highest BCUT2D eigenvalue weighted by Gasteiger charge is 2.04. The van der Waals surface area contributed by atoms with Crippen molar-refractivity contribution in [1.29, 1.82) is 0 Å². The fourth-order valence-electron chi connectivity index (χ4n) is 2.28. The zero-order chi connectivity index (χ0) is 15.2. The standard InChI is InChI=1S/C18H17BrN2O/c19-16-8-6-15(7-9-16)14-21-12-11-20-18(21)10-13-22-17-4-2-1-3-5-17/h1-9,11-12H,10,13-14H2. The van der Waals surface area contributed by atoms with Gasteiger partial charge in [-0.3, -0.25) is 0 Å². The molecule has 0 unspecified atom stereocenters. The molecule has 2 aromatic carbocycles. The predicted octanol–water partition coefficient (Wildman–Crippen LogP) is 4.32. The highest BCUT2D eigenvalue weighted by molar-refractivity contribution is 9.10. The maximum absolute atomic E-state index is 5.74. The summed E-state index contributed by atoms with van der Waals surface area (Å²) in [4.78, 5) is 4.43. The Balaban J connectivity index is 1.59. The van der Waals surface area contributed by atoms with Gasteiger partial charge in [-0.05, 0) is 29.8 Å². The summed E-state index contributed by atoms with van der Waals surface area (Å²) < 4.78 is 9.00. The second kappa shape index (κ2) is 7.27. The van der Waals surface area contributed by atoms with Crippen LogP contribution in [0.1, 0.15) is 11.4 Å². The first-order chi connectivity index (χ1) is 10.8. The smallest absolute Gasteiger partial charge is 0.119 e. The fraction of sp³-hybridized carbons (Fsp3) is 0.167. The lowest BCUT2D eigenvalue weighted by Gasteiger charge is -2.09. The molecule has 0 radical (unpaired) electrons. The van der Waals surface area contributed by atoms with E-state index < -0.39 is 0 Å². The van der Waals surface area contributed by atoms with Gasteiger partial charge in [0.2, 0.25) is 0 Å². The van der Waals surface area contributed by atoms with E-state index in [4.69, 9.17) is 4.74 Å². The van der Waals surface area contributed by atoms with E-state index in [1.165, 1.54) is 5.56 Å². The van der Waals surface area contributed by atoms with Crippen molar-refractivity contribution < 1.29 is 4.74 Å².